The Balaban J connectivity index is 2.80. The number of carbonyl (C=O) groups excluding carboxylic acids is 1. The Kier molecular flexibility index (Phi) is 8.42. The molecule has 0 aromatic heterocycles. The minimum Gasteiger partial charge on any atom is -0.369 e. The van der Waals surface area contributed by atoms with Crippen molar-refractivity contribution >= 4 is 5.91 Å². The van der Waals surface area contributed by atoms with E-state index in [1.807, 2.05) is 0 Å². The van der Waals surface area contributed by atoms with Crippen LogP contribution in [0, 0.1) is 35.0 Å². The summed E-state index contributed by atoms with van der Waals surface area (Å²) in [5, 5.41) is 9.37. The van der Waals surface area contributed by atoms with Crippen molar-refractivity contribution in [1.82, 2.24) is 0 Å². The first-order valence-electron chi connectivity index (χ1n) is 8.76. The maximum absolute atomic E-state index is 11.7. The number of carbonyl (C=O) groups is 1. The molecule has 2 atom stereocenters. The summed E-state index contributed by atoms with van der Waals surface area (Å²) in [6.07, 6.45) is 12.7. The quantitative estimate of drug-likeness (QED) is 0.833. The monoisotopic (exact) mass is 292 g/mol. The minimum absolute atomic E-state index is 0.119. The van der Waals surface area contributed by atoms with Crippen molar-refractivity contribution in [2.75, 3.05) is 0 Å². The fourth-order valence-corrected chi connectivity index (χ4v) is 3.94. The van der Waals surface area contributed by atoms with Crippen molar-refractivity contribution in [2.45, 2.75) is 78.1 Å². The predicted molar refractivity (Wildman–Crippen MR) is 86.3 cm³/mol. The molecule has 0 radical (unpaired) electrons. The molecule has 3 heteroatoms. The van der Waals surface area contributed by atoms with E-state index in [0.29, 0.717) is 11.8 Å². The van der Waals surface area contributed by atoms with Crippen molar-refractivity contribution in [2.24, 2.45) is 29.4 Å². The molecule has 1 amide bonds. The lowest BCUT2D eigenvalue weighted by Gasteiger charge is -2.32. The van der Waals surface area contributed by atoms with E-state index in [1.54, 1.807) is 0 Å². The molecule has 0 bridgehead atoms. The molecule has 0 heterocycles. The molecule has 120 valence electrons. The van der Waals surface area contributed by atoms with Gasteiger partial charge < -0.3 is 5.73 Å². The summed E-state index contributed by atoms with van der Waals surface area (Å²) in [5.74, 6) is -0.142. The van der Waals surface area contributed by atoms with Crippen LogP contribution < -0.4 is 5.73 Å². The molecule has 1 saturated carbocycles. The third-order valence-electron chi connectivity index (χ3n) is 5.04. The average Bonchev–Trinajstić information content (AvgIpc) is 2.49. The molecule has 0 spiro atoms. The van der Waals surface area contributed by atoms with E-state index >= 15 is 0 Å². The van der Waals surface area contributed by atoms with Crippen LogP contribution in [0.1, 0.15) is 78.1 Å². The highest BCUT2D eigenvalue weighted by Gasteiger charge is 2.34. The first-order valence-corrected chi connectivity index (χ1v) is 8.76. The highest BCUT2D eigenvalue weighted by molar-refractivity contribution is 5.79. The number of nitrogens with two attached hydrogens (primary N) is 1. The van der Waals surface area contributed by atoms with Crippen LogP contribution in [0.25, 0.3) is 0 Å². The highest BCUT2D eigenvalue weighted by atomic mass is 16.1. The largest absolute Gasteiger partial charge is 0.369 e. The molecular formula is C18H32N2O. The Hall–Kier alpha value is -1.04. The standard InChI is InChI=1S/C18H32N2O/c1-14(2)17(16(13-19)18(20)21)15-11-9-7-5-3-4-6-8-10-12-15/h14-17H,3-12H2,1-2H3,(H2,20,21). The number of hydrogen-bond acceptors (Lipinski definition) is 2. The van der Waals surface area contributed by atoms with Crippen molar-refractivity contribution in [3.8, 4) is 6.07 Å². The fourth-order valence-electron chi connectivity index (χ4n) is 3.94. The van der Waals surface area contributed by atoms with Crippen LogP contribution in [0.4, 0.5) is 0 Å². The topological polar surface area (TPSA) is 66.9 Å². The van der Waals surface area contributed by atoms with E-state index in [9.17, 15) is 10.1 Å². The van der Waals surface area contributed by atoms with E-state index in [0.717, 1.165) is 12.8 Å². The molecule has 1 aliphatic rings. The van der Waals surface area contributed by atoms with Gasteiger partial charge in [0, 0.05) is 0 Å². The third kappa shape index (κ3) is 6.08. The first kappa shape index (κ1) is 18.0. The molecule has 0 aliphatic heterocycles. The molecule has 3 nitrogen and oxygen atoms in total. The van der Waals surface area contributed by atoms with Crippen LogP contribution in [0.15, 0.2) is 0 Å². The lowest BCUT2D eigenvalue weighted by atomic mass is 9.71. The van der Waals surface area contributed by atoms with Gasteiger partial charge in [0.05, 0.1) is 6.07 Å². The lowest BCUT2D eigenvalue weighted by Crippen LogP contribution is -2.36. The zero-order valence-electron chi connectivity index (χ0n) is 13.8. The van der Waals surface area contributed by atoms with Gasteiger partial charge in [-0.05, 0) is 17.8 Å². The Morgan fingerprint density at radius 2 is 1.43 bits per heavy atom. The molecule has 0 aromatic carbocycles. The molecule has 21 heavy (non-hydrogen) atoms. The number of nitriles is 1. The summed E-state index contributed by atoms with van der Waals surface area (Å²) in [6.45, 7) is 4.26. The van der Waals surface area contributed by atoms with Gasteiger partial charge >= 0.3 is 0 Å². The number of rotatable bonds is 4. The molecule has 2 unspecified atom stereocenters. The number of hydrogen-bond donors (Lipinski definition) is 1. The molecule has 0 aromatic rings. The van der Waals surface area contributed by atoms with E-state index in [-0.39, 0.29) is 5.92 Å². The summed E-state index contributed by atoms with van der Waals surface area (Å²) < 4.78 is 0. The van der Waals surface area contributed by atoms with Gasteiger partial charge in [-0.2, -0.15) is 5.26 Å². The molecular weight excluding hydrogens is 260 g/mol. The van der Waals surface area contributed by atoms with Crippen LogP contribution in [0.5, 0.6) is 0 Å². The SMILES string of the molecule is CC(C)C(C1CCCCCCCCCC1)C(C#N)C(N)=O. The van der Waals surface area contributed by atoms with Gasteiger partial charge in [-0.1, -0.05) is 78.1 Å². The van der Waals surface area contributed by atoms with Crippen LogP contribution >= 0.6 is 0 Å². The molecule has 1 aliphatic carbocycles. The molecule has 2 N–H and O–H groups in total. The van der Waals surface area contributed by atoms with Gasteiger partial charge in [-0.15, -0.1) is 0 Å². The summed E-state index contributed by atoms with van der Waals surface area (Å²) in [4.78, 5) is 11.7. The number of nitrogens with zero attached hydrogens (tertiary/aromatic N) is 1. The number of primary amides is 1. The van der Waals surface area contributed by atoms with Gasteiger partial charge in [0.1, 0.15) is 5.92 Å². The van der Waals surface area contributed by atoms with Crippen molar-refractivity contribution < 1.29 is 4.79 Å². The normalized spacial score (nSPS) is 22.0. The summed E-state index contributed by atoms with van der Waals surface area (Å²) >= 11 is 0. The Bertz CT molecular complexity index is 334. The van der Waals surface area contributed by atoms with Crippen LogP contribution in [0.2, 0.25) is 0 Å². The van der Waals surface area contributed by atoms with Crippen molar-refractivity contribution in [3.05, 3.63) is 0 Å². The molecule has 1 fully saturated rings. The van der Waals surface area contributed by atoms with Gasteiger partial charge in [0.15, 0.2) is 0 Å². The van der Waals surface area contributed by atoms with Crippen molar-refractivity contribution in [3.63, 3.8) is 0 Å². The lowest BCUT2D eigenvalue weighted by molar-refractivity contribution is -0.122. The maximum atomic E-state index is 11.7. The second-order valence-electron chi connectivity index (χ2n) is 7.00. The smallest absolute Gasteiger partial charge is 0.235 e. The Morgan fingerprint density at radius 3 is 1.76 bits per heavy atom. The van der Waals surface area contributed by atoms with E-state index in [1.165, 1.54) is 51.4 Å². The van der Waals surface area contributed by atoms with Crippen LogP contribution in [0.3, 0.4) is 0 Å². The Morgan fingerprint density at radius 1 is 1.00 bits per heavy atom. The third-order valence-corrected chi connectivity index (χ3v) is 5.04. The van der Waals surface area contributed by atoms with Gasteiger partial charge in [-0.25, -0.2) is 0 Å². The zero-order chi connectivity index (χ0) is 15.7. The second kappa shape index (κ2) is 9.82. The molecule has 1 rings (SSSR count). The minimum atomic E-state index is -0.625. The van der Waals surface area contributed by atoms with Gasteiger partial charge in [0.25, 0.3) is 0 Å². The zero-order valence-corrected chi connectivity index (χ0v) is 13.8. The summed E-state index contributed by atoms with van der Waals surface area (Å²) in [5.41, 5.74) is 5.48. The van der Waals surface area contributed by atoms with Gasteiger partial charge in [0.2, 0.25) is 5.91 Å². The Labute approximate surface area is 130 Å². The highest BCUT2D eigenvalue weighted by Crippen LogP contribution is 2.36. The van der Waals surface area contributed by atoms with Crippen molar-refractivity contribution in [1.29, 1.82) is 5.26 Å². The second-order valence-corrected chi connectivity index (χ2v) is 7.00. The summed E-state index contributed by atoms with van der Waals surface area (Å²) in [6, 6.07) is 2.18. The van der Waals surface area contributed by atoms with Gasteiger partial charge in [-0.3, -0.25) is 4.79 Å². The predicted octanol–water partition coefficient (Wildman–Crippen LogP) is 4.41. The number of amides is 1. The van der Waals surface area contributed by atoms with E-state index in [2.05, 4.69) is 19.9 Å². The van der Waals surface area contributed by atoms with Crippen LogP contribution in [-0.2, 0) is 4.79 Å². The maximum Gasteiger partial charge on any atom is 0.235 e. The molecule has 0 saturated heterocycles. The fraction of sp³-hybridized carbons (Fsp3) is 0.889. The van der Waals surface area contributed by atoms with Crippen LogP contribution in [-0.4, -0.2) is 5.91 Å². The summed E-state index contributed by atoms with van der Waals surface area (Å²) in [7, 11) is 0. The van der Waals surface area contributed by atoms with E-state index in [4.69, 9.17) is 5.73 Å². The first-order chi connectivity index (χ1) is 10.1. The van der Waals surface area contributed by atoms with E-state index < -0.39 is 11.8 Å². The average molecular weight is 292 g/mol.